The molecule has 0 rings (SSSR count). The molecule has 0 spiro atoms. The van der Waals surface area contributed by atoms with E-state index in [9.17, 15) is 9.90 Å². The first-order valence-electron chi connectivity index (χ1n) is 6.22. The smallest absolute Gasteiger partial charge is 0.330 e. The minimum Gasteiger partial charge on any atom is -0.478 e. The van der Waals surface area contributed by atoms with Crippen LogP contribution < -0.4 is 0 Å². The lowest BCUT2D eigenvalue weighted by molar-refractivity contribution is -0.132. The minimum atomic E-state index is -2.00. The van der Waals surface area contributed by atoms with Crippen LogP contribution in [-0.2, 0) is 8.91 Å². The van der Waals surface area contributed by atoms with E-state index in [0.29, 0.717) is 12.0 Å². The molecule has 0 aromatic carbocycles. The average Bonchev–Trinajstić information content (AvgIpc) is 2.07. The van der Waals surface area contributed by atoms with Gasteiger partial charge in [0.15, 0.2) is 16.6 Å². The molecule has 0 aliphatic carbocycles. The summed E-state index contributed by atoms with van der Waals surface area (Å²) >= 11 is 0. The van der Waals surface area contributed by atoms with Gasteiger partial charge < -0.3 is 9.22 Å². The van der Waals surface area contributed by atoms with Gasteiger partial charge in [-0.1, -0.05) is 19.0 Å². The van der Waals surface area contributed by atoms with Crippen molar-refractivity contribution in [3.63, 3.8) is 0 Å². The third-order valence-electron chi connectivity index (χ3n) is 2.17. The van der Waals surface area contributed by atoms with Crippen LogP contribution in [0.25, 0.3) is 0 Å². The van der Waals surface area contributed by atoms with E-state index in [-0.39, 0.29) is 0 Å². The van der Waals surface area contributed by atoms with E-state index < -0.39 is 22.6 Å². The molecule has 1 N–H and O–H groups in total. The Hall–Kier alpha value is -0.396. The summed E-state index contributed by atoms with van der Waals surface area (Å²) in [6.07, 6.45) is 2.59. The van der Waals surface area contributed by atoms with Crippen molar-refractivity contribution < 1.29 is 14.0 Å². The molecule has 0 bridgehead atoms. The highest BCUT2D eigenvalue weighted by atomic mass is 28.4. The lowest BCUT2D eigenvalue weighted by Gasteiger charge is -2.29. The quantitative estimate of drug-likeness (QED) is 0.567. The average molecular weight is 275 g/mol. The molecule has 0 unspecified atom stereocenters. The molecule has 0 atom stereocenters. The van der Waals surface area contributed by atoms with Gasteiger partial charge in [0.1, 0.15) is 0 Å². The van der Waals surface area contributed by atoms with Crippen molar-refractivity contribution in [3.05, 3.63) is 11.3 Å². The third kappa shape index (κ3) is 8.34. The fraction of sp³-hybridized carbons (Fsp3) is 0.750. The van der Waals surface area contributed by atoms with Crippen LogP contribution in [0, 0.1) is 0 Å². The fourth-order valence-electron chi connectivity index (χ4n) is 1.85. The van der Waals surface area contributed by atoms with Crippen molar-refractivity contribution >= 4 is 22.6 Å². The summed E-state index contributed by atoms with van der Waals surface area (Å²) in [4.78, 5) is 11.2. The second kappa shape index (κ2) is 6.51. The lowest BCUT2D eigenvalue weighted by atomic mass is 10.1. The Morgan fingerprint density at radius 3 is 2.12 bits per heavy atom. The largest absolute Gasteiger partial charge is 0.478 e. The lowest BCUT2D eigenvalue weighted by Crippen LogP contribution is -2.41. The highest BCUT2D eigenvalue weighted by Crippen LogP contribution is 2.19. The van der Waals surface area contributed by atoms with Crippen LogP contribution in [0.2, 0.25) is 32.7 Å². The Labute approximate surface area is 107 Å². The predicted octanol–water partition coefficient (Wildman–Crippen LogP) is 3.78. The maximum absolute atomic E-state index is 11.2. The molecular weight excluding hydrogens is 248 g/mol. The van der Waals surface area contributed by atoms with E-state index in [1.807, 2.05) is 5.70 Å². The molecule has 0 saturated carbocycles. The molecule has 0 aromatic rings. The Morgan fingerprint density at radius 2 is 1.76 bits per heavy atom. The van der Waals surface area contributed by atoms with Gasteiger partial charge in [-0.15, -0.1) is 0 Å². The summed E-state index contributed by atoms with van der Waals surface area (Å²) in [7, 11) is -3.60. The van der Waals surface area contributed by atoms with Gasteiger partial charge in [-0.2, -0.15) is 0 Å². The maximum atomic E-state index is 11.2. The van der Waals surface area contributed by atoms with Crippen molar-refractivity contribution in [3.8, 4) is 0 Å². The molecule has 0 aliphatic heterocycles. The second-order valence-electron chi connectivity index (χ2n) is 5.90. The first-order chi connectivity index (χ1) is 7.57. The summed E-state index contributed by atoms with van der Waals surface area (Å²) in [6, 6.07) is 0. The van der Waals surface area contributed by atoms with Crippen molar-refractivity contribution in [1.82, 2.24) is 0 Å². The van der Waals surface area contributed by atoms with Crippen molar-refractivity contribution in [2.45, 2.75) is 58.9 Å². The molecule has 3 nitrogen and oxygen atoms in total. The number of carboxylic acids is 1. The minimum absolute atomic E-state index is 0.529. The summed E-state index contributed by atoms with van der Waals surface area (Å²) in [5.74, 6) is -0.793. The van der Waals surface area contributed by atoms with Gasteiger partial charge in [-0.3, -0.25) is 0 Å². The molecule has 0 radical (unpaired) electrons. The van der Waals surface area contributed by atoms with Crippen molar-refractivity contribution in [2.75, 3.05) is 0 Å². The Bertz CT molecular complexity index is 291. The molecule has 17 heavy (non-hydrogen) atoms. The first-order valence-corrected chi connectivity index (χ1v) is 12.6. The number of hydrogen-bond acceptors (Lipinski definition) is 2. The summed E-state index contributed by atoms with van der Waals surface area (Å²) < 4.78 is 6.12. The van der Waals surface area contributed by atoms with Gasteiger partial charge in [0, 0.05) is 5.57 Å². The van der Waals surface area contributed by atoms with Crippen molar-refractivity contribution in [1.29, 1.82) is 0 Å². The molecule has 0 heterocycles. The summed E-state index contributed by atoms with van der Waals surface area (Å²) in [5, 5.41) is 9.17. The van der Waals surface area contributed by atoms with Gasteiger partial charge in [-0.05, 0) is 45.6 Å². The number of hydrogen-bond donors (Lipinski definition) is 1. The van der Waals surface area contributed by atoms with E-state index in [1.54, 1.807) is 0 Å². The zero-order valence-corrected chi connectivity index (χ0v) is 14.0. The number of aliphatic carboxylic acids is 1. The van der Waals surface area contributed by atoms with Gasteiger partial charge in [-0.25, -0.2) is 4.79 Å². The highest BCUT2D eigenvalue weighted by molar-refractivity contribution is 6.87. The standard InChI is InChI=1S/C12H26O3Si2/c1-7-8-9-11(12(13)14)10-17(5,6)15-16(2,3)4/h10H,7-9H2,1-6H3,(H,13,14). The Balaban J connectivity index is 4.83. The Kier molecular flexibility index (Phi) is 6.36. The zero-order valence-electron chi connectivity index (χ0n) is 12.0. The second-order valence-corrected chi connectivity index (χ2v) is 14.4. The fourth-order valence-corrected chi connectivity index (χ4v) is 9.50. The van der Waals surface area contributed by atoms with E-state index in [1.165, 1.54) is 0 Å². The Morgan fingerprint density at radius 1 is 1.24 bits per heavy atom. The van der Waals surface area contributed by atoms with Crippen LogP contribution in [-0.4, -0.2) is 27.7 Å². The van der Waals surface area contributed by atoms with Crippen molar-refractivity contribution in [2.24, 2.45) is 0 Å². The maximum Gasteiger partial charge on any atom is 0.330 e. The molecule has 0 saturated heterocycles. The highest BCUT2D eigenvalue weighted by Gasteiger charge is 2.29. The summed E-state index contributed by atoms with van der Waals surface area (Å²) in [6.45, 7) is 12.6. The van der Waals surface area contributed by atoms with Gasteiger partial charge in [0.25, 0.3) is 0 Å². The van der Waals surface area contributed by atoms with Gasteiger partial charge in [0.05, 0.1) is 0 Å². The van der Waals surface area contributed by atoms with Crippen LogP contribution in [0.4, 0.5) is 0 Å². The van der Waals surface area contributed by atoms with Gasteiger partial charge >= 0.3 is 5.97 Å². The van der Waals surface area contributed by atoms with Crippen LogP contribution in [0.15, 0.2) is 11.3 Å². The van der Waals surface area contributed by atoms with Crippen LogP contribution in [0.1, 0.15) is 26.2 Å². The molecule has 0 aliphatic rings. The number of rotatable bonds is 7. The molecule has 5 heteroatoms. The van der Waals surface area contributed by atoms with Crippen LogP contribution in [0.3, 0.4) is 0 Å². The van der Waals surface area contributed by atoms with E-state index in [0.717, 1.165) is 12.8 Å². The molecular formula is C12H26O3Si2. The zero-order chi connectivity index (χ0) is 13.7. The molecule has 0 amide bonds. The summed E-state index contributed by atoms with van der Waals surface area (Å²) in [5.41, 5.74) is 2.44. The van der Waals surface area contributed by atoms with Gasteiger partial charge in [0.2, 0.25) is 0 Å². The van der Waals surface area contributed by atoms with Crippen LogP contribution in [0.5, 0.6) is 0 Å². The number of carbonyl (C=O) groups is 1. The van der Waals surface area contributed by atoms with Crippen LogP contribution >= 0.6 is 0 Å². The number of unbranched alkanes of at least 4 members (excludes halogenated alkanes) is 1. The predicted molar refractivity (Wildman–Crippen MR) is 77.2 cm³/mol. The van der Waals surface area contributed by atoms with E-state index in [4.69, 9.17) is 4.12 Å². The normalized spacial score (nSPS) is 13.9. The van der Waals surface area contributed by atoms with E-state index >= 15 is 0 Å². The topological polar surface area (TPSA) is 46.5 Å². The molecule has 0 fully saturated rings. The van der Waals surface area contributed by atoms with E-state index in [2.05, 4.69) is 39.7 Å². The molecule has 100 valence electrons. The monoisotopic (exact) mass is 274 g/mol. The SMILES string of the molecule is CCCCC(=C[Si](C)(C)O[Si](C)(C)C)C(=O)O. The first kappa shape index (κ1) is 16.6. The number of carboxylic acid groups (broad SMARTS) is 1. The third-order valence-corrected chi connectivity index (χ3v) is 7.76. The molecule has 0 aromatic heterocycles.